The van der Waals surface area contributed by atoms with Gasteiger partial charge >= 0.3 is 0 Å². The van der Waals surface area contributed by atoms with Crippen LogP contribution in [0.1, 0.15) is 100 Å². The van der Waals surface area contributed by atoms with Gasteiger partial charge in [-0.2, -0.15) is 0 Å². The van der Waals surface area contributed by atoms with Crippen molar-refractivity contribution >= 4 is 0 Å². The van der Waals surface area contributed by atoms with E-state index < -0.39 is 98.4 Å². The molecule has 2 heterocycles. The highest BCUT2D eigenvalue weighted by Crippen LogP contribution is 2.75. The predicted molar refractivity (Wildman–Crippen MR) is 201 cm³/mol. The summed E-state index contributed by atoms with van der Waals surface area (Å²) in [5, 5.41) is 97.6. The molecule has 2 aliphatic heterocycles. The molecule has 0 aromatic carbocycles. The van der Waals surface area contributed by atoms with Gasteiger partial charge in [-0.3, -0.25) is 0 Å². The molecule has 2 saturated heterocycles. The van der Waals surface area contributed by atoms with Gasteiger partial charge in [-0.05, 0) is 111 Å². The number of aliphatic hydroxyl groups excluding tert-OH is 9. The monoisotopic (exact) mass is 782 g/mol. The molecule has 0 unspecified atom stereocenters. The van der Waals surface area contributed by atoms with Gasteiger partial charge in [0.15, 0.2) is 12.6 Å². The number of rotatable bonds is 9. The summed E-state index contributed by atoms with van der Waals surface area (Å²) in [4.78, 5) is 0. The molecule has 4 aliphatic carbocycles. The number of aliphatic hydroxyl groups is 9. The van der Waals surface area contributed by atoms with E-state index >= 15 is 0 Å². The maximum absolute atomic E-state index is 12.2. The molecule has 0 aromatic rings. The maximum atomic E-state index is 12.2. The van der Waals surface area contributed by atoms with E-state index in [1.54, 1.807) is 0 Å². The van der Waals surface area contributed by atoms with Crippen LogP contribution < -0.4 is 0 Å². The fourth-order valence-electron chi connectivity index (χ4n) is 13.1. The highest BCUT2D eigenvalue weighted by atomic mass is 16.8. The molecule has 0 spiro atoms. The summed E-state index contributed by atoms with van der Waals surface area (Å²) in [6.07, 6.45) is -7.67. The smallest absolute Gasteiger partial charge is 0.187 e. The molecular formula is C42H70O13. The molecule has 0 radical (unpaired) electrons. The van der Waals surface area contributed by atoms with E-state index in [0.717, 1.165) is 32.1 Å². The van der Waals surface area contributed by atoms with Crippen molar-refractivity contribution in [2.24, 2.45) is 45.3 Å². The number of ether oxygens (including phenoxy) is 4. The van der Waals surface area contributed by atoms with Gasteiger partial charge < -0.3 is 64.9 Å². The minimum Gasteiger partial charge on any atom is -0.394 e. The first-order valence-electron chi connectivity index (χ1n) is 20.6. The standard InChI is InChI=1S/C42H70O13/c1-20(2)10-9-11-21(3)22-12-14-42(8)29(22)23(45)16-28-40(6)17-24(46)36(39(4,5)27(40)13-15-41(28,42)7)55-38-35(33(50)31(48)26(19-44)53-38)54-37-34(51)32(49)30(47)25(18-43)52-37/h10-11,22-38,43-51H,9,12-19H2,1-8H3/b21-11-/t22-,23-,24-,25-,26-,27+,28-,29+,30-,31-,32+,33+,34-,35-,36+,37+,38-,40+,41-,42-/m1/s1. The van der Waals surface area contributed by atoms with Gasteiger partial charge in [0, 0.05) is 0 Å². The van der Waals surface area contributed by atoms with Crippen molar-refractivity contribution in [3.05, 3.63) is 23.3 Å². The number of hydrogen-bond donors (Lipinski definition) is 9. The van der Waals surface area contributed by atoms with Gasteiger partial charge in [0.1, 0.15) is 48.8 Å². The molecule has 13 nitrogen and oxygen atoms in total. The quantitative estimate of drug-likeness (QED) is 0.121. The number of fused-ring (bicyclic) bond motifs is 5. The van der Waals surface area contributed by atoms with Gasteiger partial charge in [-0.25, -0.2) is 0 Å². The Kier molecular flexibility index (Phi) is 12.6. The van der Waals surface area contributed by atoms with E-state index in [1.807, 2.05) is 0 Å². The molecule has 4 saturated carbocycles. The van der Waals surface area contributed by atoms with Crippen LogP contribution in [-0.2, 0) is 18.9 Å². The van der Waals surface area contributed by atoms with E-state index in [1.165, 1.54) is 11.1 Å². The second-order valence-electron chi connectivity index (χ2n) is 19.6. The molecule has 20 atom stereocenters. The SMILES string of the molecule is CC(C)=CC/C=C(/C)[C@H]1CC[C@]2(C)[C@@H]1[C@H](O)C[C@@H]1[C@@]3(C)C[C@@H](O)[C@H](O[C@H]4O[C@H](CO)[C@@H](O)[C@H](O)[C@H]4O[C@@H]4O[C@H](CO)[C@@H](O)[C@H](O)[C@H]4O)C(C)(C)[C@@H]3CC[C@]12C. The first-order valence-corrected chi connectivity index (χ1v) is 20.6. The van der Waals surface area contributed by atoms with Crippen LogP contribution in [0.25, 0.3) is 0 Å². The maximum Gasteiger partial charge on any atom is 0.187 e. The molecule has 9 N–H and O–H groups in total. The minimum atomic E-state index is -1.79. The summed E-state index contributed by atoms with van der Waals surface area (Å²) in [5.41, 5.74) is 1.45. The van der Waals surface area contributed by atoms with Crippen molar-refractivity contribution in [2.75, 3.05) is 13.2 Å². The second-order valence-corrected chi connectivity index (χ2v) is 19.6. The van der Waals surface area contributed by atoms with E-state index in [9.17, 15) is 46.0 Å². The second kappa shape index (κ2) is 15.9. The van der Waals surface area contributed by atoms with E-state index in [0.29, 0.717) is 18.8 Å². The van der Waals surface area contributed by atoms with Crippen molar-refractivity contribution in [1.29, 1.82) is 0 Å². The van der Waals surface area contributed by atoms with E-state index in [4.69, 9.17) is 18.9 Å². The molecule has 6 aliphatic rings. The molecule has 13 heteroatoms. The molecular weight excluding hydrogens is 712 g/mol. The van der Waals surface area contributed by atoms with Crippen molar-refractivity contribution in [3.8, 4) is 0 Å². The molecule has 6 rings (SSSR count). The third-order valence-electron chi connectivity index (χ3n) is 16.1. The van der Waals surface area contributed by atoms with Crippen molar-refractivity contribution < 1.29 is 64.9 Å². The topological polar surface area (TPSA) is 219 Å². The fraction of sp³-hybridized carbons (Fsp3) is 0.905. The lowest BCUT2D eigenvalue weighted by molar-refractivity contribution is -0.383. The van der Waals surface area contributed by atoms with Gasteiger partial charge in [-0.1, -0.05) is 57.9 Å². The molecule has 55 heavy (non-hydrogen) atoms. The highest BCUT2D eigenvalue weighted by molar-refractivity contribution is 5.23. The number of hydrogen-bond acceptors (Lipinski definition) is 13. The minimum absolute atomic E-state index is 0.0549. The average molecular weight is 783 g/mol. The lowest BCUT2D eigenvalue weighted by Gasteiger charge is -2.71. The first kappa shape index (κ1) is 43.5. The van der Waals surface area contributed by atoms with Gasteiger partial charge in [-0.15, -0.1) is 0 Å². The summed E-state index contributed by atoms with van der Waals surface area (Å²) in [6.45, 7) is 16.3. The summed E-state index contributed by atoms with van der Waals surface area (Å²) in [6, 6.07) is 0. The summed E-state index contributed by atoms with van der Waals surface area (Å²) in [5.74, 6) is 0.659. The third kappa shape index (κ3) is 7.12. The highest BCUT2D eigenvalue weighted by Gasteiger charge is 2.71. The Morgan fingerprint density at radius 3 is 1.89 bits per heavy atom. The van der Waals surface area contributed by atoms with E-state index in [-0.39, 0.29) is 34.0 Å². The zero-order valence-electron chi connectivity index (χ0n) is 34.0. The first-order chi connectivity index (χ1) is 25.7. The fourth-order valence-corrected chi connectivity index (χ4v) is 13.1. The van der Waals surface area contributed by atoms with Gasteiger partial charge in [0.2, 0.25) is 0 Å². The van der Waals surface area contributed by atoms with E-state index in [2.05, 4.69) is 67.5 Å². The van der Waals surface area contributed by atoms with Crippen LogP contribution in [0.4, 0.5) is 0 Å². The molecule has 0 amide bonds. The predicted octanol–water partition coefficient (Wildman–Crippen LogP) is 1.93. The lowest BCUT2D eigenvalue weighted by Crippen LogP contribution is -2.69. The van der Waals surface area contributed by atoms with Crippen molar-refractivity contribution in [2.45, 2.75) is 180 Å². The third-order valence-corrected chi connectivity index (χ3v) is 16.1. The van der Waals surface area contributed by atoms with Crippen molar-refractivity contribution in [1.82, 2.24) is 0 Å². The van der Waals surface area contributed by atoms with Crippen LogP contribution in [0, 0.1) is 45.3 Å². The Morgan fingerprint density at radius 2 is 1.27 bits per heavy atom. The average Bonchev–Trinajstić information content (AvgIpc) is 3.49. The van der Waals surface area contributed by atoms with Crippen LogP contribution in [0.15, 0.2) is 23.3 Å². The Bertz CT molecular complexity index is 1420. The molecule has 0 aromatic heterocycles. The summed E-state index contributed by atoms with van der Waals surface area (Å²) < 4.78 is 24.1. The molecule has 0 bridgehead atoms. The zero-order valence-corrected chi connectivity index (χ0v) is 34.0. The normalized spacial score (nSPS) is 52.5. The molecule has 316 valence electrons. The Morgan fingerprint density at radius 1 is 0.673 bits per heavy atom. The van der Waals surface area contributed by atoms with Crippen molar-refractivity contribution in [3.63, 3.8) is 0 Å². The summed E-state index contributed by atoms with van der Waals surface area (Å²) >= 11 is 0. The van der Waals surface area contributed by atoms with Crippen LogP contribution in [0.5, 0.6) is 0 Å². The Balaban J connectivity index is 1.26. The zero-order chi connectivity index (χ0) is 40.6. The van der Waals surface area contributed by atoms with Crippen LogP contribution in [-0.4, -0.2) is 139 Å². The molecule has 6 fully saturated rings. The van der Waals surface area contributed by atoms with Crippen LogP contribution in [0.2, 0.25) is 0 Å². The van der Waals surface area contributed by atoms with Gasteiger partial charge in [0.25, 0.3) is 0 Å². The lowest BCUT2D eigenvalue weighted by atomic mass is 9.35. The van der Waals surface area contributed by atoms with Gasteiger partial charge in [0.05, 0.1) is 31.5 Å². The largest absolute Gasteiger partial charge is 0.394 e. The van der Waals surface area contributed by atoms with Crippen LogP contribution in [0.3, 0.4) is 0 Å². The Labute approximate surface area is 326 Å². The van der Waals surface area contributed by atoms with Crippen LogP contribution >= 0.6 is 0 Å². The number of allylic oxidation sites excluding steroid dienone is 4. The summed E-state index contributed by atoms with van der Waals surface area (Å²) in [7, 11) is 0. The Hall–Kier alpha value is -1.04.